The predicted molar refractivity (Wildman–Crippen MR) is 104 cm³/mol. The van der Waals surface area contributed by atoms with Gasteiger partial charge in [0, 0.05) is 26.5 Å². The van der Waals surface area contributed by atoms with Gasteiger partial charge in [-0.2, -0.15) is 18.3 Å². The number of rotatable bonds is 5. The van der Waals surface area contributed by atoms with Gasteiger partial charge in [0.25, 0.3) is 0 Å². The molecule has 0 saturated carbocycles. The summed E-state index contributed by atoms with van der Waals surface area (Å²) in [6.45, 7) is 3.50. The molecule has 2 rings (SSSR count). The molecule has 0 fully saturated rings. The normalized spacial score (nSPS) is 11.0. The molecule has 13 heteroatoms. The van der Waals surface area contributed by atoms with Gasteiger partial charge in [0.05, 0.1) is 11.4 Å². The minimum Gasteiger partial charge on any atom is -0.860 e. The fourth-order valence-corrected chi connectivity index (χ4v) is 1.53. The summed E-state index contributed by atoms with van der Waals surface area (Å²) in [6.07, 6.45) is 6.41. The number of hydrogen-bond acceptors (Lipinski definition) is 8. The molecule has 174 valence electrons. The molecule has 0 radical (unpaired) electrons. The van der Waals surface area contributed by atoms with Crippen LogP contribution >= 0.6 is 0 Å². The molecule has 0 atom stereocenters. The summed E-state index contributed by atoms with van der Waals surface area (Å²) in [6, 6.07) is 11.6. The quantitative estimate of drug-likeness (QED) is 0.123. The summed E-state index contributed by atoms with van der Waals surface area (Å²) < 4.78 is 58.9. The molecule has 0 aliphatic carbocycles. The first-order valence-corrected chi connectivity index (χ1v) is 9.66. The Labute approximate surface area is 193 Å². The first-order chi connectivity index (χ1) is 13.9. The molecule has 0 amide bonds. The topological polar surface area (TPSA) is 122 Å². The van der Waals surface area contributed by atoms with Crippen LogP contribution in [-0.4, -0.2) is 53.4 Å². The van der Waals surface area contributed by atoms with Crippen LogP contribution in [0.3, 0.4) is 0 Å². The van der Waals surface area contributed by atoms with E-state index in [1.807, 2.05) is 36.4 Å². The average molecular weight is 642 g/mol. The van der Waals surface area contributed by atoms with E-state index in [2.05, 4.69) is 21.6 Å². The second-order valence-electron chi connectivity index (χ2n) is 5.50. The zero-order valence-electron chi connectivity index (χ0n) is 16.6. The van der Waals surface area contributed by atoms with Gasteiger partial charge < -0.3 is 14.7 Å². The van der Waals surface area contributed by atoms with E-state index < -0.39 is 15.6 Å². The van der Waals surface area contributed by atoms with Crippen molar-refractivity contribution in [2.45, 2.75) is 18.3 Å². The molecule has 0 unspecified atom stereocenters. The number of alkyl halides is 3. The molecule has 0 spiro atoms. The van der Waals surface area contributed by atoms with Gasteiger partial charge in [-0.3, -0.25) is 9.97 Å². The summed E-state index contributed by atoms with van der Waals surface area (Å²) in [5.41, 5.74) is -3.82. The van der Waals surface area contributed by atoms with Gasteiger partial charge in [-0.25, -0.2) is 8.42 Å². The van der Waals surface area contributed by atoms with Crippen molar-refractivity contribution in [3.8, 4) is 11.4 Å². The fourth-order valence-electron chi connectivity index (χ4n) is 1.53. The molecule has 0 N–H and O–H groups in total. The molecule has 0 aliphatic rings. The number of pyridine rings is 2. The van der Waals surface area contributed by atoms with Crippen molar-refractivity contribution >= 4 is 16.0 Å². The van der Waals surface area contributed by atoms with Crippen LogP contribution < -0.4 is 5.11 Å². The molecular weight excluding hydrogens is 620 g/mol. The summed E-state index contributed by atoms with van der Waals surface area (Å²) >= 11 is 0. The van der Waals surface area contributed by atoms with E-state index in [9.17, 15) is 18.3 Å². The molecule has 8 nitrogen and oxygen atoms in total. The van der Waals surface area contributed by atoms with Crippen LogP contribution in [-0.2, 0) is 31.2 Å². The number of nitrogens with zero attached hydrogens (tertiary/aromatic N) is 4. The monoisotopic (exact) mass is 641 g/mol. The maximum Gasteiger partial charge on any atom is 2.00 e. The molecular formula is C18H21F3N4O4PtS. The molecule has 2 aromatic rings. The number of halogens is 3. The zero-order valence-corrected chi connectivity index (χ0v) is 19.7. The van der Waals surface area contributed by atoms with Crippen molar-refractivity contribution in [2.24, 2.45) is 5.10 Å². The van der Waals surface area contributed by atoms with Crippen molar-refractivity contribution in [1.82, 2.24) is 15.0 Å². The predicted octanol–water partition coefficient (Wildman–Crippen LogP) is 2.38. The molecule has 0 saturated heterocycles. The summed E-state index contributed by atoms with van der Waals surface area (Å²) in [5, 5.41) is 15.9. The number of aromatic nitrogens is 2. The van der Waals surface area contributed by atoms with Gasteiger partial charge in [0.2, 0.25) is 0 Å². The van der Waals surface area contributed by atoms with Gasteiger partial charge in [0.1, 0.15) is 0 Å². The van der Waals surface area contributed by atoms with Gasteiger partial charge in [-0.1, -0.05) is 18.2 Å². The van der Waals surface area contributed by atoms with E-state index in [0.29, 0.717) is 12.8 Å². The number of hydrogen-bond donors (Lipinski definition) is 0. The maximum absolute atomic E-state index is 10.8. The Balaban J connectivity index is 0. The minimum atomic E-state index is -6.09. The van der Waals surface area contributed by atoms with Crippen LogP contribution in [0.25, 0.3) is 11.4 Å². The molecule has 0 aromatic carbocycles. The Hall–Kier alpha value is -2.30. The van der Waals surface area contributed by atoms with Crippen LogP contribution in [0.15, 0.2) is 66.5 Å². The first-order valence-electron chi connectivity index (χ1n) is 8.25. The van der Waals surface area contributed by atoms with E-state index in [1.165, 1.54) is 5.01 Å². The summed E-state index contributed by atoms with van der Waals surface area (Å²) in [7, 11) is -2.63. The van der Waals surface area contributed by atoms with Crippen molar-refractivity contribution in [3.63, 3.8) is 0 Å². The summed E-state index contributed by atoms with van der Waals surface area (Å²) in [4.78, 5) is 8.37. The van der Waals surface area contributed by atoms with E-state index >= 15 is 0 Å². The van der Waals surface area contributed by atoms with E-state index in [0.717, 1.165) is 11.4 Å². The Kier molecular flexibility index (Phi) is 15.4. The molecule has 0 aliphatic heterocycles. The third-order valence-electron chi connectivity index (χ3n) is 2.75. The van der Waals surface area contributed by atoms with Crippen LogP contribution in [0.5, 0.6) is 0 Å². The van der Waals surface area contributed by atoms with Crippen LogP contribution in [0.1, 0.15) is 12.8 Å². The van der Waals surface area contributed by atoms with Crippen LogP contribution in [0.4, 0.5) is 13.2 Å². The first kappa shape index (κ1) is 30.9. The molecule has 0 bridgehead atoms. The van der Waals surface area contributed by atoms with Gasteiger partial charge in [0.15, 0.2) is 10.1 Å². The second-order valence-corrected chi connectivity index (χ2v) is 6.87. The van der Waals surface area contributed by atoms with E-state index in [-0.39, 0.29) is 27.0 Å². The smallest absolute Gasteiger partial charge is 0.860 e. The van der Waals surface area contributed by atoms with Crippen molar-refractivity contribution < 1.29 is 52.3 Å². The fraction of sp³-hybridized carbons (Fsp3) is 0.278. The second kappa shape index (κ2) is 15.5. The molecule has 31 heavy (non-hydrogen) atoms. The Morgan fingerprint density at radius 2 is 1.55 bits per heavy atom. The van der Waals surface area contributed by atoms with Crippen molar-refractivity contribution in [2.75, 3.05) is 14.1 Å². The van der Waals surface area contributed by atoms with Gasteiger partial charge >= 0.3 is 26.6 Å². The number of allylic oxidation sites excluding steroid dienone is 1. The average Bonchev–Trinajstić information content (AvgIpc) is 2.67. The largest absolute Gasteiger partial charge is 2.00 e. The Bertz CT molecular complexity index is 844. The van der Waals surface area contributed by atoms with Gasteiger partial charge in [-0.05, 0) is 43.0 Å². The van der Waals surface area contributed by atoms with Crippen molar-refractivity contribution in [1.29, 1.82) is 0 Å². The zero-order chi connectivity index (χ0) is 23.2. The molecule has 2 aromatic heterocycles. The third-order valence-corrected chi connectivity index (χ3v) is 3.32. The Morgan fingerprint density at radius 1 is 1.13 bits per heavy atom. The number of hydrazone groups is 1. The van der Waals surface area contributed by atoms with Crippen LogP contribution in [0.2, 0.25) is 0 Å². The minimum absolute atomic E-state index is 0. The third kappa shape index (κ3) is 15.2. The summed E-state index contributed by atoms with van der Waals surface area (Å²) in [5.74, 6) is -0.0927. The van der Waals surface area contributed by atoms with Crippen LogP contribution in [0, 0.1) is 0 Å². The SMILES string of the molecule is C=CCC/C([O-])=N/N(C)C.O=S(=O)([O-])C(F)(F)F.[Pt+2].c1ccc(-c2ccccn2)nc1. The van der Waals surface area contributed by atoms with E-state index in [1.54, 1.807) is 32.6 Å². The Morgan fingerprint density at radius 3 is 1.81 bits per heavy atom. The molecule has 2 heterocycles. The van der Waals surface area contributed by atoms with Crippen molar-refractivity contribution in [3.05, 3.63) is 61.4 Å². The van der Waals surface area contributed by atoms with Gasteiger partial charge in [-0.15, -0.1) is 6.58 Å². The van der Waals surface area contributed by atoms with E-state index in [4.69, 9.17) is 13.0 Å². The maximum atomic E-state index is 10.8. The standard InChI is InChI=1S/C10H8N2.C7H14N2O.CHF3O3S.Pt/c1-3-7-11-9(5-1)10-6-2-4-8-12-10;1-4-5-6-7(10)8-9(2)3;2-1(3,4)8(5,6)7;/h1-8H;4H,1,5-6H2,2-3H3,(H,8,10);(H,5,6,7);/q;;;+2/p-2.